The van der Waals surface area contributed by atoms with E-state index >= 15 is 0 Å². The van der Waals surface area contributed by atoms with Gasteiger partial charge in [0.2, 0.25) is 11.7 Å². The molecule has 0 bridgehead atoms. The number of nitrogens with zero attached hydrogens (tertiary/aromatic N) is 4. The summed E-state index contributed by atoms with van der Waals surface area (Å²) in [7, 11) is 3.23. The Balaban J connectivity index is 1.58. The summed E-state index contributed by atoms with van der Waals surface area (Å²) < 4.78 is 6.93. The molecule has 3 heterocycles. The molecule has 2 saturated carbocycles. The van der Waals surface area contributed by atoms with E-state index in [1.54, 1.807) is 30.1 Å². The molecule has 2 aliphatic rings. The highest BCUT2D eigenvalue weighted by atomic mass is 35.5. The molecule has 3 aromatic heterocycles. The molecule has 160 valence electrons. The Morgan fingerprint density at radius 1 is 1.32 bits per heavy atom. The molecule has 0 radical (unpaired) electrons. The van der Waals surface area contributed by atoms with Gasteiger partial charge in [-0.2, -0.15) is 0 Å². The maximum absolute atomic E-state index is 12.4. The van der Waals surface area contributed by atoms with Crippen LogP contribution >= 0.6 is 11.6 Å². The van der Waals surface area contributed by atoms with Gasteiger partial charge in [-0.1, -0.05) is 0 Å². The molecule has 31 heavy (non-hydrogen) atoms. The van der Waals surface area contributed by atoms with E-state index < -0.39 is 23.7 Å². The van der Waals surface area contributed by atoms with Gasteiger partial charge in [0, 0.05) is 20.0 Å². The highest BCUT2D eigenvalue weighted by molar-refractivity contribution is 6.28. The van der Waals surface area contributed by atoms with Crippen LogP contribution in [0.2, 0.25) is 5.22 Å². The number of imidazole rings is 1. The molecule has 2 fully saturated rings. The fraction of sp³-hybridized carbons (Fsp3) is 0.400. The van der Waals surface area contributed by atoms with Crippen LogP contribution in [0.5, 0.6) is 0 Å². The number of fused-ring (bicyclic) bond motifs is 2. The second kappa shape index (κ2) is 6.95. The molecule has 11 heteroatoms. The van der Waals surface area contributed by atoms with Gasteiger partial charge in [-0.05, 0) is 42.0 Å². The van der Waals surface area contributed by atoms with E-state index in [9.17, 15) is 15.0 Å². The molecule has 3 aromatic rings. The first kappa shape index (κ1) is 19.8. The Kier molecular flexibility index (Phi) is 4.44. The minimum absolute atomic E-state index is 0.215. The number of amides is 1. The van der Waals surface area contributed by atoms with E-state index in [1.165, 1.54) is 7.05 Å². The molecule has 10 nitrogen and oxygen atoms in total. The number of anilines is 1. The molecular formula is C20H19ClN6O4. The summed E-state index contributed by atoms with van der Waals surface area (Å²) >= 11 is 5.77. The number of halogens is 1. The van der Waals surface area contributed by atoms with Gasteiger partial charge in [-0.15, -0.1) is 0 Å². The van der Waals surface area contributed by atoms with Gasteiger partial charge in [-0.3, -0.25) is 4.79 Å². The van der Waals surface area contributed by atoms with Gasteiger partial charge in [-0.25, -0.2) is 15.0 Å². The Morgan fingerprint density at radius 2 is 2.13 bits per heavy atom. The molecule has 0 aromatic carbocycles. The standard InChI is InChI=1S/C20H19ClN6O4/c1-22-17-13-18(26-12(25-17)6-4-9-3-5-11(21)31-9)27(8-24-13)14-10-7-20(10,19(30)23-2)16(29)15(14)28/h3,5,8,10,14-16,28-29H,7H2,1-2H3,(H,23,30)(H,22,25,26)/t10?,14-,15+,16+,20+/m1/s1. The average molecular weight is 443 g/mol. The summed E-state index contributed by atoms with van der Waals surface area (Å²) in [5, 5.41) is 27.2. The lowest BCUT2D eigenvalue weighted by molar-refractivity contribution is -0.132. The first-order valence-corrected chi connectivity index (χ1v) is 10.1. The van der Waals surface area contributed by atoms with Crippen LogP contribution in [0.25, 0.3) is 11.2 Å². The molecule has 5 atom stereocenters. The van der Waals surface area contributed by atoms with Crippen molar-refractivity contribution in [3.05, 3.63) is 35.3 Å². The molecule has 4 N–H and O–H groups in total. The molecule has 2 aliphatic carbocycles. The summed E-state index contributed by atoms with van der Waals surface area (Å²) in [6.45, 7) is 0. The van der Waals surface area contributed by atoms with Crippen molar-refractivity contribution in [2.45, 2.75) is 24.7 Å². The van der Waals surface area contributed by atoms with Crippen molar-refractivity contribution in [3.8, 4) is 11.8 Å². The van der Waals surface area contributed by atoms with Crippen LogP contribution in [0.15, 0.2) is 22.9 Å². The Labute approximate surface area is 181 Å². The van der Waals surface area contributed by atoms with Crippen LogP contribution in [-0.4, -0.2) is 61.9 Å². The van der Waals surface area contributed by atoms with Crippen LogP contribution in [0.3, 0.4) is 0 Å². The molecule has 0 spiro atoms. The zero-order valence-corrected chi connectivity index (χ0v) is 17.4. The number of carbonyl (C=O) groups excluding carboxylic acids is 1. The number of nitrogens with one attached hydrogen (secondary N) is 2. The van der Waals surface area contributed by atoms with Crippen molar-refractivity contribution in [3.63, 3.8) is 0 Å². The van der Waals surface area contributed by atoms with Gasteiger partial charge in [0.15, 0.2) is 28.0 Å². The minimum Gasteiger partial charge on any atom is -0.436 e. The number of hydrogen-bond acceptors (Lipinski definition) is 8. The summed E-state index contributed by atoms with van der Waals surface area (Å²) in [4.78, 5) is 25.7. The average Bonchev–Trinajstić information content (AvgIpc) is 3.02. The number of aromatic nitrogens is 4. The van der Waals surface area contributed by atoms with E-state index in [0.29, 0.717) is 29.2 Å². The van der Waals surface area contributed by atoms with Gasteiger partial charge in [0.1, 0.15) is 6.10 Å². The van der Waals surface area contributed by atoms with E-state index in [4.69, 9.17) is 16.0 Å². The summed E-state index contributed by atoms with van der Waals surface area (Å²) in [6, 6.07) is 2.67. The molecule has 0 saturated heterocycles. The number of rotatable bonds is 3. The van der Waals surface area contributed by atoms with E-state index in [1.807, 2.05) is 0 Å². The molecular weight excluding hydrogens is 424 g/mol. The van der Waals surface area contributed by atoms with Crippen molar-refractivity contribution in [2.24, 2.45) is 11.3 Å². The summed E-state index contributed by atoms with van der Waals surface area (Å²) in [5.74, 6) is 6.20. The SMILES string of the molecule is CNC(=O)[C@@]12CC1[C@@H](n1cnc3c(NC)nc(C#Cc4ccc(Cl)o4)nc31)[C@H](O)[C@@H]2O. The fourth-order valence-corrected chi connectivity index (χ4v) is 4.80. The molecule has 1 unspecified atom stereocenters. The van der Waals surface area contributed by atoms with Gasteiger partial charge in [0.05, 0.1) is 23.9 Å². The van der Waals surface area contributed by atoms with Crippen molar-refractivity contribution >= 4 is 34.5 Å². The van der Waals surface area contributed by atoms with Crippen LogP contribution in [0, 0.1) is 23.2 Å². The van der Waals surface area contributed by atoms with Crippen molar-refractivity contribution in [1.29, 1.82) is 0 Å². The maximum Gasteiger partial charge on any atom is 0.229 e. The quantitative estimate of drug-likeness (QED) is 0.431. The van der Waals surface area contributed by atoms with Gasteiger partial charge < -0.3 is 29.8 Å². The fourth-order valence-electron chi connectivity index (χ4n) is 4.65. The highest BCUT2D eigenvalue weighted by Crippen LogP contribution is 2.67. The Bertz CT molecular complexity index is 1260. The third kappa shape index (κ3) is 2.81. The van der Waals surface area contributed by atoms with Crippen LogP contribution in [0.4, 0.5) is 5.82 Å². The van der Waals surface area contributed by atoms with E-state index in [2.05, 4.69) is 37.4 Å². The molecule has 0 aliphatic heterocycles. The van der Waals surface area contributed by atoms with Crippen molar-refractivity contribution in [1.82, 2.24) is 24.8 Å². The minimum atomic E-state index is -1.17. The summed E-state index contributed by atoms with van der Waals surface area (Å²) in [6.07, 6.45) is -0.289. The normalized spacial score (nSPS) is 28.7. The molecule has 5 rings (SSSR count). The predicted octanol–water partition coefficient (Wildman–Crippen LogP) is 0.543. The lowest BCUT2D eigenvalue weighted by atomic mass is 9.98. The monoisotopic (exact) mass is 442 g/mol. The van der Waals surface area contributed by atoms with Gasteiger partial charge >= 0.3 is 0 Å². The second-order valence-corrected chi connectivity index (χ2v) is 8.05. The number of hydrogen-bond donors (Lipinski definition) is 4. The lowest BCUT2D eigenvalue weighted by Crippen LogP contribution is -2.41. The topological polar surface area (TPSA) is 138 Å². The van der Waals surface area contributed by atoms with Crippen LogP contribution < -0.4 is 10.6 Å². The first-order valence-electron chi connectivity index (χ1n) is 9.68. The third-order valence-corrected chi connectivity index (χ3v) is 6.38. The van der Waals surface area contributed by atoms with E-state index in [-0.39, 0.29) is 22.9 Å². The first-order chi connectivity index (χ1) is 14.9. The Morgan fingerprint density at radius 3 is 2.81 bits per heavy atom. The second-order valence-electron chi connectivity index (χ2n) is 7.68. The van der Waals surface area contributed by atoms with Crippen molar-refractivity contribution < 1.29 is 19.4 Å². The highest BCUT2D eigenvalue weighted by Gasteiger charge is 2.75. The predicted molar refractivity (Wildman–Crippen MR) is 110 cm³/mol. The maximum atomic E-state index is 12.4. The Hall–Kier alpha value is -3.13. The van der Waals surface area contributed by atoms with Crippen LogP contribution in [0.1, 0.15) is 24.0 Å². The van der Waals surface area contributed by atoms with E-state index in [0.717, 1.165) is 0 Å². The number of furan rings is 1. The number of aliphatic hydroxyl groups excluding tert-OH is 2. The van der Waals surface area contributed by atoms with Crippen molar-refractivity contribution in [2.75, 3.05) is 19.4 Å². The largest absolute Gasteiger partial charge is 0.436 e. The number of aliphatic hydroxyl groups is 2. The van der Waals surface area contributed by atoms with Crippen LogP contribution in [-0.2, 0) is 4.79 Å². The zero-order valence-electron chi connectivity index (χ0n) is 16.6. The number of carbonyl (C=O) groups is 1. The van der Waals surface area contributed by atoms with Gasteiger partial charge in [0.25, 0.3) is 0 Å². The smallest absolute Gasteiger partial charge is 0.229 e. The molecule has 1 amide bonds. The summed E-state index contributed by atoms with van der Waals surface area (Å²) in [5.41, 5.74) is -0.0546. The zero-order chi connectivity index (χ0) is 21.9. The lowest BCUT2D eigenvalue weighted by Gasteiger charge is -2.23. The third-order valence-electron chi connectivity index (χ3n) is 6.17.